The zero-order valence-corrected chi connectivity index (χ0v) is 16.7. The van der Waals surface area contributed by atoms with Crippen molar-refractivity contribution < 1.29 is 9.32 Å². The molecule has 0 unspecified atom stereocenters. The van der Waals surface area contributed by atoms with Crippen LogP contribution in [-0.4, -0.2) is 38.0 Å². The maximum atomic E-state index is 12.0. The molecule has 4 rings (SSSR count). The maximum absolute atomic E-state index is 12.0. The molecule has 1 N–H and O–H groups in total. The zero-order chi connectivity index (χ0) is 19.2. The average molecular weight is 414 g/mol. The molecule has 0 bridgehead atoms. The van der Waals surface area contributed by atoms with E-state index in [4.69, 9.17) is 4.52 Å². The molecule has 144 valence electrons. The van der Waals surface area contributed by atoms with Crippen molar-refractivity contribution in [2.24, 2.45) is 0 Å². The van der Waals surface area contributed by atoms with Crippen molar-refractivity contribution in [3.05, 3.63) is 59.5 Å². The van der Waals surface area contributed by atoms with Gasteiger partial charge < -0.3 is 9.84 Å². The number of hydrogen-bond donors (Lipinski definition) is 1. The number of amides is 1. The van der Waals surface area contributed by atoms with Crippen LogP contribution in [0.5, 0.6) is 0 Å². The van der Waals surface area contributed by atoms with Crippen molar-refractivity contribution in [2.75, 3.05) is 12.3 Å². The Labute approximate surface area is 170 Å². The highest BCUT2D eigenvalue weighted by Crippen LogP contribution is 2.26. The van der Waals surface area contributed by atoms with Gasteiger partial charge in [0.2, 0.25) is 5.91 Å². The summed E-state index contributed by atoms with van der Waals surface area (Å²) in [5.41, 5.74) is 1.69. The van der Waals surface area contributed by atoms with Crippen LogP contribution in [0.25, 0.3) is 16.3 Å². The van der Waals surface area contributed by atoms with E-state index in [1.807, 2.05) is 52.4 Å². The van der Waals surface area contributed by atoms with E-state index in [0.717, 1.165) is 40.6 Å². The van der Waals surface area contributed by atoms with Gasteiger partial charge >= 0.3 is 0 Å². The maximum Gasteiger partial charge on any atom is 0.230 e. The number of thiophene rings is 1. The zero-order valence-electron chi connectivity index (χ0n) is 15.1. The van der Waals surface area contributed by atoms with Gasteiger partial charge in [-0.2, -0.15) is 0 Å². The van der Waals surface area contributed by atoms with Crippen molar-refractivity contribution >= 4 is 34.7 Å². The van der Waals surface area contributed by atoms with Gasteiger partial charge in [0.1, 0.15) is 5.82 Å². The fourth-order valence-corrected chi connectivity index (χ4v) is 4.16. The Morgan fingerprint density at radius 1 is 1.25 bits per heavy atom. The third kappa shape index (κ3) is 4.60. The van der Waals surface area contributed by atoms with E-state index in [2.05, 4.69) is 20.7 Å². The number of pyridine rings is 1. The number of carbonyl (C=O) groups is 1. The quantitative estimate of drug-likeness (QED) is 0.423. The van der Waals surface area contributed by atoms with Crippen LogP contribution in [0, 0.1) is 0 Å². The Balaban J connectivity index is 1.14. The lowest BCUT2D eigenvalue weighted by atomic mass is 10.3. The molecule has 0 saturated carbocycles. The molecule has 0 aliphatic heterocycles. The molecule has 28 heavy (non-hydrogen) atoms. The summed E-state index contributed by atoms with van der Waals surface area (Å²) in [4.78, 5) is 13.0. The van der Waals surface area contributed by atoms with Crippen LogP contribution in [0.2, 0.25) is 0 Å². The number of aryl methyl sites for hydroxylation is 1. The summed E-state index contributed by atoms with van der Waals surface area (Å²) in [5, 5.41) is 17.3. The normalized spacial score (nSPS) is 11.1. The largest absolute Gasteiger partial charge is 0.355 e. The number of nitrogens with one attached hydrogen (secondary N) is 1. The van der Waals surface area contributed by atoms with E-state index in [9.17, 15) is 4.79 Å². The monoisotopic (exact) mass is 413 g/mol. The molecule has 4 aromatic heterocycles. The van der Waals surface area contributed by atoms with E-state index in [0.29, 0.717) is 18.1 Å². The highest BCUT2D eigenvalue weighted by atomic mass is 32.2. The van der Waals surface area contributed by atoms with Crippen LogP contribution < -0.4 is 5.32 Å². The number of carbonyl (C=O) groups excluding carboxylic acids is 1. The second-order valence-corrected chi connectivity index (χ2v) is 8.08. The lowest BCUT2D eigenvalue weighted by Gasteiger charge is -2.04. The summed E-state index contributed by atoms with van der Waals surface area (Å²) in [7, 11) is 0. The number of aromatic nitrogens is 4. The van der Waals surface area contributed by atoms with Gasteiger partial charge in [0.05, 0.1) is 16.3 Å². The van der Waals surface area contributed by atoms with Gasteiger partial charge in [-0.3, -0.25) is 9.20 Å². The fraction of sp³-hybridized carbons (Fsp3) is 0.263. The summed E-state index contributed by atoms with van der Waals surface area (Å²) in [5.74, 6) is 2.75. The standard InChI is InChI=1S/C19H19N5O2S2/c25-19(13-27-12-14-11-15(26-23-14)16-5-4-10-28-16)20-8-3-7-18-22-21-17-6-1-2-9-24(17)18/h1-2,4-6,9-11H,3,7-8,12-13H2,(H,20,25). The third-order valence-electron chi connectivity index (χ3n) is 4.09. The Bertz CT molecular complexity index is 1040. The second-order valence-electron chi connectivity index (χ2n) is 6.15. The first-order chi connectivity index (χ1) is 13.8. The first-order valence-electron chi connectivity index (χ1n) is 8.92. The van der Waals surface area contributed by atoms with Crippen LogP contribution in [0.3, 0.4) is 0 Å². The molecule has 0 atom stereocenters. The first-order valence-corrected chi connectivity index (χ1v) is 11.0. The van der Waals surface area contributed by atoms with Crippen LogP contribution in [0.15, 0.2) is 52.5 Å². The topological polar surface area (TPSA) is 85.3 Å². The van der Waals surface area contributed by atoms with Crippen molar-refractivity contribution in [3.8, 4) is 10.6 Å². The molecule has 0 spiro atoms. The Morgan fingerprint density at radius 3 is 3.11 bits per heavy atom. The van der Waals surface area contributed by atoms with Crippen molar-refractivity contribution in [1.82, 2.24) is 25.1 Å². The lowest BCUT2D eigenvalue weighted by molar-refractivity contribution is -0.118. The van der Waals surface area contributed by atoms with Gasteiger partial charge in [0.15, 0.2) is 11.4 Å². The minimum Gasteiger partial charge on any atom is -0.355 e. The fourth-order valence-electron chi connectivity index (χ4n) is 2.75. The van der Waals surface area contributed by atoms with Crippen molar-refractivity contribution in [3.63, 3.8) is 0 Å². The smallest absolute Gasteiger partial charge is 0.230 e. The Morgan fingerprint density at radius 2 is 2.21 bits per heavy atom. The minimum atomic E-state index is 0.0260. The second kappa shape index (κ2) is 9.03. The molecule has 0 aliphatic rings. The van der Waals surface area contributed by atoms with Crippen LogP contribution >= 0.6 is 23.1 Å². The Kier molecular flexibility index (Phi) is 6.03. The third-order valence-corrected chi connectivity index (χ3v) is 5.94. The molecule has 0 saturated heterocycles. The molecular formula is C19H19N5O2S2. The summed E-state index contributed by atoms with van der Waals surface area (Å²) in [6.07, 6.45) is 3.54. The van der Waals surface area contributed by atoms with Gasteiger partial charge in [0.25, 0.3) is 0 Å². The molecule has 0 aromatic carbocycles. The predicted molar refractivity (Wildman–Crippen MR) is 110 cm³/mol. The number of rotatable bonds is 9. The van der Waals surface area contributed by atoms with Crippen molar-refractivity contribution in [1.29, 1.82) is 0 Å². The van der Waals surface area contributed by atoms with Crippen LogP contribution in [0.1, 0.15) is 17.9 Å². The molecule has 9 heteroatoms. The number of thioether (sulfide) groups is 1. The Hall–Kier alpha value is -2.65. The van der Waals surface area contributed by atoms with Crippen molar-refractivity contribution in [2.45, 2.75) is 18.6 Å². The van der Waals surface area contributed by atoms with Gasteiger partial charge in [0, 0.05) is 31.0 Å². The van der Waals surface area contributed by atoms with E-state index in [-0.39, 0.29) is 5.91 Å². The van der Waals surface area contributed by atoms with Gasteiger partial charge in [-0.25, -0.2) is 0 Å². The minimum absolute atomic E-state index is 0.0260. The molecule has 0 fully saturated rings. The highest BCUT2D eigenvalue weighted by molar-refractivity contribution is 7.99. The molecular weight excluding hydrogens is 394 g/mol. The summed E-state index contributed by atoms with van der Waals surface area (Å²) >= 11 is 3.14. The highest BCUT2D eigenvalue weighted by Gasteiger charge is 2.09. The van der Waals surface area contributed by atoms with Crippen LogP contribution in [0.4, 0.5) is 0 Å². The van der Waals surface area contributed by atoms with Crippen LogP contribution in [-0.2, 0) is 17.0 Å². The number of fused-ring (bicyclic) bond motifs is 1. The van der Waals surface area contributed by atoms with Gasteiger partial charge in [-0.1, -0.05) is 17.3 Å². The molecule has 0 radical (unpaired) electrons. The van der Waals surface area contributed by atoms with E-state index in [1.54, 1.807) is 11.3 Å². The molecule has 4 heterocycles. The first kappa shape index (κ1) is 18.7. The molecule has 7 nitrogen and oxygen atoms in total. The summed E-state index contributed by atoms with van der Waals surface area (Å²) < 4.78 is 7.32. The lowest BCUT2D eigenvalue weighted by Crippen LogP contribution is -2.26. The molecule has 0 aliphatic carbocycles. The number of hydrogen-bond acceptors (Lipinski definition) is 7. The molecule has 1 amide bonds. The summed E-state index contributed by atoms with van der Waals surface area (Å²) in [6.45, 7) is 0.619. The summed E-state index contributed by atoms with van der Waals surface area (Å²) in [6, 6.07) is 11.7. The van der Waals surface area contributed by atoms with Gasteiger partial charge in [-0.15, -0.1) is 33.3 Å². The van der Waals surface area contributed by atoms with E-state index >= 15 is 0 Å². The predicted octanol–water partition coefficient (Wildman–Crippen LogP) is 3.43. The van der Waals surface area contributed by atoms with Gasteiger partial charge in [-0.05, 0) is 30.0 Å². The SMILES string of the molecule is O=C(CSCc1cc(-c2cccs2)on1)NCCCc1nnc2ccccn12. The number of nitrogens with zero attached hydrogens (tertiary/aromatic N) is 4. The average Bonchev–Trinajstić information content (AvgIpc) is 3.45. The molecule has 4 aromatic rings. The van der Waals surface area contributed by atoms with E-state index in [1.165, 1.54) is 11.8 Å². The van der Waals surface area contributed by atoms with E-state index < -0.39 is 0 Å².